The van der Waals surface area contributed by atoms with E-state index in [-0.39, 0.29) is 5.75 Å². The lowest BCUT2D eigenvalue weighted by molar-refractivity contribution is 0.442. The van der Waals surface area contributed by atoms with E-state index in [1.807, 2.05) is 24.3 Å². The SMILES string of the molecule is Oc1ccc2ccc(Oc3cncc4nnnn34)cc2c1. The summed E-state index contributed by atoms with van der Waals surface area (Å²) in [6.07, 6.45) is 3.08. The molecule has 0 aliphatic carbocycles. The normalized spacial score (nSPS) is 11.0. The Labute approximate surface area is 118 Å². The highest BCUT2D eigenvalue weighted by Crippen LogP contribution is 2.27. The number of hydrogen-bond acceptors (Lipinski definition) is 6. The standard InChI is InChI=1S/C14H9N5O2/c20-11-3-1-9-2-4-12(6-10(9)5-11)21-14-8-15-7-13-16-17-18-19(13)14/h1-8,20H. The lowest BCUT2D eigenvalue weighted by Crippen LogP contribution is -1.96. The Morgan fingerprint density at radius 3 is 2.86 bits per heavy atom. The number of aromatic nitrogens is 5. The quantitative estimate of drug-likeness (QED) is 0.605. The van der Waals surface area contributed by atoms with Gasteiger partial charge in [-0.2, -0.15) is 4.52 Å². The maximum absolute atomic E-state index is 9.54. The van der Waals surface area contributed by atoms with Gasteiger partial charge in [0.15, 0.2) is 0 Å². The largest absolute Gasteiger partial charge is 0.508 e. The van der Waals surface area contributed by atoms with E-state index in [2.05, 4.69) is 20.5 Å². The van der Waals surface area contributed by atoms with Gasteiger partial charge in [-0.25, -0.2) is 0 Å². The smallest absolute Gasteiger partial charge is 0.242 e. The molecule has 4 rings (SSSR count). The van der Waals surface area contributed by atoms with E-state index in [1.165, 1.54) is 10.7 Å². The molecule has 4 aromatic rings. The van der Waals surface area contributed by atoms with Crippen LogP contribution in [0.3, 0.4) is 0 Å². The van der Waals surface area contributed by atoms with E-state index in [0.717, 1.165) is 10.8 Å². The van der Waals surface area contributed by atoms with Crippen molar-refractivity contribution >= 4 is 16.4 Å². The van der Waals surface area contributed by atoms with Gasteiger partial charge in [0.25, 0.3) is 0 Å². The Morgan fingerprint density at radius 2 is 1.90 bits per heavy atom. The average Bonchev–Trinajstić information content (AvgIpc) is 2.96. The third-order valence-electron chi connectivity index (χ3n) is 3.10. The first-order valence-corrected chi connectivity index (χ1v) is 6.22. The van der Waals surface area contributed by atoms with E-state index < -0.39 is 0 Å². The molecule has 0 aliphatic heterocycles. The summed E-state index contributed by atoms with van der Waals surface area (Å²) in [4.78, 5) is 4.03. The van der Waals surface area contributed by atoms with Crippen molar-refractivity contribution in [2.45, 2.75) is 0 Å². The van der Waals surface area contributed by atoms with Crippen LogP contribution in [0.1, 0.15) is 0 Å². The maximum Gasteiger partial charge on any atom is 0.242 e. The second-order valence-corrected chi connectivity index (χ2v) is 4.49. The van der Waals surface area contributed by atoms with Crippen LogP contribution in [-0.2, 0) is 0 Å². The van der Waals surface area contributed by atoms with Gasteiger partial charge in [0.05, 0.1) is 12.4 Å². The summed E-state index contributed by atoms with van der Waals surface area (Å²) < 4.78 is 7.23. The summed E-state index contributed by atoms with van der Waals surface area (Å²) in [6, 6.07) is 10.8. The topological polar surface area (TPSA) is 85.4 Å². The monoisotopic (exact) mass is 279 g/mol. The van der Waals surface area contributed by atoms with Crippen LogP contribution in [0.4, 0.5) is 0 Å². The van der Waals surface area contributed by atoms with Gasteiger partial charge in [-0.15, -0.1) is 5.10 Å². The molecular formula is C14H9N5O2. The fourth-order valence-electron chi connectivity index (χ4n) is 2.12. The number of fused-ring (bicyclic) bond motifs is 2. The lowest BCUT2D eigenvalue weighted by atomic mass is 10.1. The molecule has 0 saturated carbocycles. The van der Waals surface area contributed by atoms with Crippen molar-refractivity contribution in [2.75, 3.05) is 0 Å². The molecule has 102 valence electrons. The maximum atomic E-state index is 9.54. The molecule has 21 heavy (non-hydrogen) atoms. The van der Waals surface area contributed by atoms with Crippen molar-refractivity contribution < 1.29 is 9.84 Å². The number of benzene rings is 2. The fourth-order valence-corrected chi connectivity index (χ4v) is 2.12. The second kappa shape index (κ2) is 4.41. The van der Waals surface area contributed by atoms with E-state index in [9.17, 15) is 5.11 Å². The molecule has 0 atom stereocenters. The van der Waals surface area contributed by atoms with Crippen LogP contribution in [0.25, 0.3) is 16.4 Å². The van der Waals surface area contributed by atoms with Crippen LogP contribution in [0.15, 0.2) is 48.8 Å². The molecule has 0 spiro atoms. The number of phenolic OH excluding ortho intramolecular Hbond substituents is 1. The van der Waals surface area contributed by atoms with Crippen LogP contribution < -0.4 is 4.74 Å². The van der Waals surface area contributed by atoms with Crippen molar-refractivity contribution in [3.05, 3.63) is 48.8 Å². The predicted octanol–water partition coefficient (Wildman–Crippen LogP) is 2.17. The molecule has 1 N–H and O–H groups in total. The molecule has 2 aromatic heterocycles. The highest BCUT2D eigenvalue weighted by atomic mass is 16.5. The third kappa shape index (κ3) is 2.00. The molecule has 0 radical (unpaired) electrons. The Balaban J connectivity index is 1.78. The van der Waals surface area contributed by atoms with Crippen molar-refractivity contribution in [2.24, 2.45) is 0 Å². The summed E-state index contributed by atoms with van der Waals surface area (Å²) in [5, 5.41) is 22.7. The molecule has 2 heterocycles. The van der Waals surface area contributed by atoms with Gasteiger partial charge in [-0.05, 0) is 45.5 Å². The van der Waals surface area contributed by atoms with Gasteiger partial charge < -0.3 is 9.84 Å². The number of nitrogens with zero attached hydrogens (tertiary/aromatic N) is 5. The molecule has 0 unspecified atom stereocenters. The van der Waals surface area contributed by atoms with E-state index >= 15 is 0 Å². The Hall–Kier alpha value is -3.22. The van der Waals surface area contributed by atoms with Crippen LogP contribution in [0.5, 0.6) is 17.4 Å². The number of ether oxygens (including phenoxy) is 1. The van der Waals surface area contributed by atoms with Gasteiger partial charge in [0.1, 0.15) is 11.5 Å². The zero-order chi connectivity index (χ0) is 14.2. The van der Waals surface area contributed by atoms with E-state index in [4.69, 9.17) is 4.74 Å². The molecule has 7 nitrogen and oxygen atoms in total. The Morgan fingerprint density at radius 1 is 1.00 bits per heavy atom. The van der Waals surface area contributed by atoms with Crippen LogP contribution in [-0.4, -0.2) is 30.1 Å². The highest BCUT2D eigenvalue weighted by Gasteiger charge is 2.07. The summed E-state index contributed by atoms with van der Waals surface area (Å²) in [5.74, 6) is 1.23. The summed E-state index contributed by atoms with van der Waals surface area (Å²) >= 11 is 0. The number of hydrogen-bond donors (Lipinski definition) is 1. The van der Waals surface area contributed by atoms with Gasteiger partial charge in [-0.1, -0.05) is 12.1 Å². The van der Waals surface area contributed by atoms with Gasteiger partial charge in [0, 0.05) is 0 Å². The van der Waals surface area contributed by atoms with E-state index in [0.29, 0.717) is 17.3 Å². The van der Waals surface area contributed by atoms with Crippen LogP contribution in [0.2, 0.25) is 0 Å². The lowest BCUT2D eigenvalue weighted by Gasteiger charge is -2.07. The number of aromatic hydroxyl groups is 1. The fraction of sp³-hybridized carbons (Fsp3) is 0. The zero-order valence-corrected chi connectivity index (χ0v) is 10.7. The predicted molar refractivity (Wildman–Crippen MR) is 74.3 cm³/mol. The molecule has 2 aromatic carbocycles. The van der Waals surface area contributed by atoms with Gasteiger partial charge >= 0.3 is 0 Å². The van der Waals surface area contributed by atoms with Crippen molar-refractivity contribution in [3.63, 3.8) is 0 Å². The minimum Gasteiger partial charge on any atom is -0.508 e. The molecule has 0 aliphatic rings. The number of phenols is 1. The average molecular weight is 279 g/mol. The highest BCUT2D eigenvalue weighted by molar-refractivity contribution is 5.85. The molecule has 7 heteroatoms. The first kappa shape index (κ1) is 11.6. The first-order valence-electron chi connectivity index (χ1n) is 6.22. The third-order valence-corrected chi connectivity index (χ3v) is 3.10. The molecule has 0 amide bonds. The molecule has 0 saturated heterocycles. The summed E-state index contributed by atoms with van der Waals surface area (Å²) in [7, 11) is 0. The van der Waals surface area contributed by atoms with Crippen LogP contribution in [0, 0.1) is 0 Å². The minimum atomic E-state index is 0.212. The Bertz CT molecular complexity index is 950. The number of rotatable bonds is 2. The van der Waals surface area contributed by atoms with Gasteiger partial charge in [-0.3, -0.25) is 4.98 Å². The first-order chi connectivity index (χ1) is 10.3. The van der Waals surface area contributed by atoms with E-state index in [1.54, 1.807) is 18.3 Å². The second-order valence-electron chi connectivity index (χ2n) is 4.49. The minimum absolute atomic E-state index is 0.212. The summed E-state index contributed by atoms with van der Waals surface area (Å²) in [6.45, 7) is 0. The summed E-state index contributed by atoms with van der Waals surface area (Å²) in [5.41, 5.74) is 0.505. The zero-order valence-electron chi connectivity index (χ0n) is 10.7. The van der Waals surface area contributed by atoms with Crippen molar-refractivity contribution in [1.82, 2.24) is 25.0 Å². The van der Waals surface area contributed by atoms with Crippen molar-refractivity contribution in [1.29, 1.82) is 0 Å². The Kier molecular flexibility index (Phi) is 2.43. The molecule has 0 bridgehead atoms. The molecular weight excluding hydrogens is 270 g/mol. The molecule has 0 fully saturated rings. The van der Waals surface area contributed by atoms with Crippen molar-refractivity contribution in [3.8, 4) is 17.4 Å². The van der Waals surface area contributed by atoms with Crippen LogP contribution >= 0.6 is 0 Å². The van der Waals surface area contributed by atoms with Gasteiger partial charge in [0.2, 0.25) is 11.5 Å². The number of tetrazole rings is 1.